The highest BCUT2D eigenvalue weighted by Crippen LogP contribution is 2.18. The Morgan fingerprint density at radius 1 is 1.33 bits per heavy atom. The molecule has 2 aromatic rings. The first-order valence-electron chi connectivity index (χ1n) is 7.21. The van der Waals surface area contributed by atoms with Gasteiger partial charge in [-0.15, -0.1) is 0 Å². The summed E-state index contributed by atoms with van der Waals surface area (Å²) < 4.78 is 1.76. The van der Waals surface area contributed by atoms with Gasteiger partial charge in [0.25, 0.3) is 0 Å². The van der Waals surface area contributed by atoms with E-state index in [1.165, 1.54) is 11.9 Å². The number of hydrogen-bond acceptors (Lipinski definition) is 4. The number of aliphatic hydroxyl groups is 1. The molecular weight excluding hydrogens is 264 g/mol. The molecule has 5 nitrogen and oxygen atoms in total. The first-order valence-corrected chi connectivity index (χ1v) is 7.21. The minimum Gasteiger partial charge on any atom is -0.391 e. The Morgan fingerprint density at radius 2 is 2.10 bits per heavy atom. The van der Waals surface area contributed by atoms with Gasteiger partial charge in [0.1, 0.15) is 12.7 Å². The van der Waals surface area contributed by atoms with E-state index < -0.39 is 0 Å². The number of nitrogens with zero attached hydrogens (tertiary/aromatic N) is 3. The quantitative estimate of drug-likeness (QED) is 0.884. The Hall–Kier alpha value is -1.72. The summed E-state index contributed by atoms with van der Waals surface area (Å²) in [5, 5.41) is 17.5. The zero-order chi connectivity index (χ0) is 15.5. The zero-order valence-electron chi connectivity index (χ0n) is 13.2. The van der Waals surface area contributed by atoms with Crippen molar-refractivity contribution in [1.29, 1.82) is 0 Å². The van der Waals surface area contributed by atoms with Crippen molar-refractivity contribution >= 4 is 0 Å². The molecule has 114 valence electrons. The van der Waals surface area contributed by atoms with Crippen LogP contribution in [0.25, 0.3) is 5.69 Å². The molecule has 0 amide bonds. The Labute approximate surface area is 126 Å². The molecule has 0 saturated carbocycles. The van der Waals surface area contributed by atoms with E-state index in [-0.39, 0.29) is 11.5 Å². The van der Waals surface area contributed by atoms with Gasteiger partial charge in [-0.05, 0) is 29.5 Å². The van der Waals surface area contributed by atoms with Crippen LogP contribution >= 0.6 is 0 Å². The van der Waals surface area contributed by atoms with Crippen LogP contribution in [0.2, 0.25) is 0 Å². The summed E-state index contributed by atoms with van der Waals surface area (Å²) in [5.41, 5.74) is 3.28. The van der Waals surface area contributed by atoms with Crippen LogP contribution in [-0.2, 0) is 6.54 Å². The van der Waals surface area contributed by atoms with Gasteiger partial charge in [-0.25, -0.2) is 9.67 Å². The molecule has 0 spiro atoms. The van der Waals surface area contributed by atoms with Gasteiger partial charge in [0, 0.05) is 13.1 Å². The van der Waals surface area contributed by atoms with Gasteiger partial charge in [-0.2, -0.15) is 5.10 Å². The van der Waals surface area contributed by atoms with Gasteiger partial charge in [-0.3, -0.25) is 0 Å². The molecule has 1 unspecified atom stereocenters. The molecule has 0 aliphatic carbocycles. The van der Waals surface area contributed by atoms with Crippen LogP contribution in [0.4, 0.5) is 0 Å². The van der Waals surface area contributed by atoms with E-state index in [0.717, 1.165) is 17.8 Å². The molecule has 1 aromatic heterocycles. The molecule has 21 heavy (non-hydrogen) atoms. The third-order valence-corrected chi connectivity index (χ3v) is 3.59. The normalized spacial score (nSPS) is 13.4. The van der Waals surface area contributed by atoms with Crippen molar-refractivity contribution in [2.24, 2.45) is 5.41 Å². The van der Waals surface area contributed by atoms with Gasteiger partial charge in [0.05, 0.1) is 11.8 Å². The lowest BCUT2D eigenvalue weighted by Gasteiger charge is -2.26. The number of aromatic nitrogens is 3. The third-order valence-electron chi connectivity index (χ3n) is 3.59. The van der Waals surface area contributed by atoms with E-state index >= 15 is 0 Å². The standard InChI is InChI=1S/C16H24N4O/c1-12-7-13(8-17-9-15(21)16(2,3)4)5-6-14(12)20-11-18-10-19-20/h5-7,10-11,15,17,21H,8-9H2,1-4H3. The van der Waals surface area contributed by atoms with E-state index in [0.29, 0.717) is 6.54 Å². The second kappa shape index (κ2) is 6.37. The lowest BCUT2D eigenvalue weighted by atomic mass is 9.89. The fourth-order valence-corrected chi connectivity index (χ4v) is 2.08. The number of benzene rings is 1. The predicted molar refractivity (Wildman–Crippen MR) is 83.3 cm³/mol. The van der Waals surface area contributed by atoms with Crippen LogP contribution in [0.15, 0.2) is 30.9 Å². The number of rotatable bonds is 5. The van der Waals surface area contributed by atoms with Gasteiger partial charge in [0.2, 0.25) is 0 Å². The van der Waals surface area contributed by atoms with Gasteiger partial charge < -0.3 is 10.4 Å². The topological polar surface area (TPSA) is 63.0 Å². The fraction of sp³-hybridized carbons (Fsp3) is 0.500. The van der Waals surface area contributed by atoms with Crippen molar-refractivity contribution in [2.75, 3.05) is 6.54 Å². The number of hydrogen-bond donors (Lipinski definition) is 2. The highest BCUT2D eigenvalue weighted by Gasteiger charge is 2.21. The summed E-state index contributed by atoms with van der Waals surface area (Å²) in [6.45, 7) is 9.51. The van der Waals surface area contributed by atoms with Crippen LogP contribution in [0.3, 0.4) is 0 Å². The van der Waals surface area contributed by atoms with Crippen molar-refractivity contribution in [1.82, 2.24) is 20.1 Å². The molecule has 5 heteroatoms. The van der Waals surface area contributed by atoms with E-state index in [2.05, 4.69) is 34.5 Å². The number of aliphatic hydroxyl groups excluding tert-OH is 1. The van der Waals surface area contributed by atoms with Crippen molar-refractivity contribution in [3.63, 3.8) is 0 Å². The molecule has 0 aliphatic rings. The molecule has 1 heterocycles. The van der Waals surface area contributed by atoms with Gasteiger partial charge in [-0.1, -0.05) is 32.9 Å². The van der Waals surface area contributed by atoms with Crippen LogP contribution in [0, 0.1) is 12.3 Å². The molecule has 0 saturated heterocycles. The second-order valence-electron chi connectivity index (χ2n) is 6.47. The molecule has 2 rings (SSSR count). The molecule has 1 aromatic carbocycles. The lowest BCUT2D eigenvalue weighted by Crippen LogP contribution is -2.36. The summed E-state index contributed by atoms with van der Waals surface area (Å²) in [7, 11) is 0. The number of nitrogens with one attached hydrogen (secondary N) is 1. The van der Waals surface area contributed by atoms with Gasteiger partial charge in [0.15, 0.2) is 0 Å². The van der Waals surface area contributed by atoms with E-state index in [1.54, 1.807) is 11.0 Å². The third kappa shape index (κ3) is 4.12. The maximum Gasteiger partial charge on any atom is 0.138 e. The second-order valence-corrected chi connectivity index (χ2v) is 6.47. The van der Waals surface area contributed by atoms with Crippen LogP contribution < -0.4 is 5.32 Å². The summed E-state index contributed by atoms with van der Waals surface area (Å²) in [6.07, 6.45) is 2.87. The zero-order valence-corrected chi connectivity index (χ0v) is 13.2. The Kier molecular flexibility index (Phi) is 4.75. The first-order chi connectivity index (χ1) is 9.88. The van der Waals surface area contributed by atoms with Crippen LogP contribution in [-0.4, -0.2) is 32.5 Å². The molecule has 0 bridgehead atoms. The van der Waals surface area contributed by atoms with Crippen molar-refractivity contribution in [2.45, 2.75) is 40.3 Å². The highest BCUT2D eigenvalue weighted by atomic mass is 16.3. The maximum atomic E-state index is 10.0. The SMILES string of the molecule is Cc1cc(CNCC(O)C(C)(C)C)ccc1-n1cncn1. The number of aryl methyl sites for hydroxylation is 1. The predicted octanol–water partition coefficient (Wildman–Crippen LogP) is 2.07. The fourth-order valence-electron chi connectivity index (χ4n) is 2.08. The molecule has 0 radical (unpaired) electrons. The molecule has 0 fully saturated rings. The van der Waals surface area contributed by atoms with E-state index in [9.17, 15) is 5.11 Å². The summed E-state index contributed by atoms with van der Waals surface area (Å²) in [5.74, 6) is 0. The molecule has 0 aliphatic heterocycles. The van der Waals surface area contributed by atoms with E-state index in [4.69, 9.17) is 0 Å². The average molecular weight is 288 g/mol. The summed E-state index contributed by atoms with van der Waals surface area (Å²) in [6, 6.07) is 6.25. The Bertz CT molecular complexity index is 572. The Morgan fingerprint density at radius 3 is 2.67 bits per heavy atom. The van der Waals surface area contributed by atoms with Crippen LogP contribution in [0.5, 0.6) is 0 Å². The first kappa shape index (κ1) is 15.7. The van der Waals surface area contributed by atoms with Crippen LogP contribution in [0.1, 0.15) is 31.9 Å². The molecule has 1 atom stereocenters. The van der Waals surface area contributed by atoms with Crippen molar-refractivity contribution < 1.29 is 5.11 Å². The summed E-state index contributed by atoms with van der Waals surface area (Å²) in [4.78, 5) is 3.97. The van der Waals surface area contributed by atoms with Gasteiger partial charge >= 0.3 is 0 Å². The minimum atomic E-state index is -0.354. The van der Waals surface area contributed by atoms with Crippen molar-refractivity contribution in [3.8, 4) is 5.69 Å². The monoisotopic (exact) mass is 288 g/mol. The van der Waals surface area contributed by atoms with Crippen molar-refractivity contribution in [3.05, 3.63) is 42.0 Å². The van der Waals surface area contributed by atoms with E-state index in [1.807, 2.05) is 26.8 Å². The average Bonchev–Trinajstić information content (AvgIpc) is 2.91. The maximum absolute atomic E-state index is 10.0. The molecular formula is C16H24N4O. The Balaban J connectivity index is 1.95. The summed E-state index contributed by atoms with van der Waals surface area (Å²) >= 11 is 0. The minimum absolute atomic E-state index is 0.0974. The lowest BCUT2D eigenvalue weighted by molar-refractivity contribution is 0.0628. The highest BCUT2D eigenvalue weighted by molar-refractivity contribution is 5.41. The largest absolute Gasteiger partial charge is 0.391 e. The molecule has 2 N–H and O–H groups in total. The smallest absolute Gasteiger partial charge is 0.138 e.